The third-order valence-electron chi connectivity index (χ3n) is 5.20. The lowest BCUT2D eigenvalue weighted by Crippen LogP contribution is -2.45. The number of nitrogens with one attached hydrogen (secondary N) is 1. The highest BCUT2D eigenvalue weighted by Crippen LogP contribution is 2.46. The number of nitro benzene ring substituents is 1. The van der Waals surface area contributed by atoms with E-state index in [1.54, 1.807) is 6.07 Å². The van der Waals surface area contributed by atoms with Gasteiger partial charge in [0.25, 0.3) is 5.91 Å². The lowest BCUT2D eigenvalue weighted by atomic mass is 10.1. The second-order valence-corrected chi connectivity index (χ2v) is 7.58. The van der Waals surface area contributed by atoms with E-state index in [1.807, 2.05) is 18.7 Å². The van der Waals surface area contributed by atoms with Crippen LogP contribution >= 0.6 is 0 Å². The van der Waals surface area contributed by atoms with Crippen LogP contribution in [0.5, 0.6) is 17.2 Å². The molecule has 10 nitrogen and oxygen atoms in total. The van der Waals surface area contributed by atoms with Crippen molar-refractivity contribution >= 4 is 23.0 Å². The summed E-state index contributed by atoms with van der Waals surface area (Å²) in [4.78, 5) is 25.8. The molecule has 33 heavy (non-hydrogen) atoms. The topological polar surface area (TPSA) is 112 Å². The van der Waals surface area contributed by atoms with Crippen molar-refractivity contribution in [3.8, 4) is 17.2 Å². The zero-order valence-electron chi connectivity index (χ0n) is 19.0. The first kappa shape index (κ1) is 24.1. The molecule has 0 spiro atoms. The summed E-state index contributed by atoms with van der Waals surface area (Å²) in [5, 5.41) is 14.2. The summed E-state index contributed by atoms with van der Waals surface area (Å²) in [6.07, 6.45) is -0.0961. The summed E-state index contributed by atoms with van der Waals surface area (Å²) < 4.78 is 36.0. The molecule has 0 bridgehead atoms. The SMILES string of the molecule is COc1cc(C(=O)Nc2ccc(N3CC(C)OC(C)C3)c(F)c2)c([N+](=O)[O-])c(OC)c1OC. The second kappa shape index (κ2) is 9.90. The molecule has 1 heterocycles. The Hall–Kier alpha value is -3.60. The van der Waals surface area contributed by atoms with Crippen molar-refractivity contribution < 1.29 is 33.1 Å². The minimum Gasteiger partial charge on any atom is -0.493 e. The van der Waals surface area contributed by atoms with Crippen LogP contribution in [0.15, 0.2) is 24.3 Å². The first-order valence-electron chi connectivity index (χ1n) is 10.2. The number of hydrogen-bond acceptors (Lipinski definition) is 8. The van der Waals surface area contributed by atoms with Crippen LogP contribution in [0.4, 0.5) is 21.5 Å². The summed E-state index contributed by atoms with van der Waals surface area (Å²) >= 11 is 0. The van der Waals surface area contributed by atoms with Gasteiger partial charge in [-0.15, -0.1) is 0 Å². The van der Waals surface area contributed by atoms with Gasteiger partial charge < -0.3 is 29.2 Å². The third kappa shape index (κ3) is 4.92. The summed E-state index contributed by atoms with van der Waals surface area (Å²) in [5.41, 5.74) is -0.400. The standard InChI is InChI=1S/C22H26FN3O7/c1-12-10-25(11-13(2)33-12)17-7-6-14(8-16(17)23)24-22(27)15-9-18(30-3)20(31-4)21(32-5)19(15)26(28)29/h6-9,12-13H,10-11H2,1-5H3,(H,24,27). The smallest absolute Gasteiger partial charge is 0.327 e. The molecular formula is C22H26FN3O7. The molecule has 11 heteroatoms. The number of ether oxygens (including phenoxy) is 4. The first-order valence-corrected chi connectivity index (χ1v) is 10.2. The molecule has 3 rings (SSSR count). The number of benzene rings is 2. The predicted octanol–water partition coefficient (Wildman–Crippen LogP) is 3.63. The Bertz CT molecular complexity index is 1050. The van der Waals surface area contributed by atoms with Gasteiger partial charge in [0.05, 0.1) is 44.1 Å². The fourth-order valence-electron chi connectivity index (χ4n) is 3.91. The van der Waals surface area contributed by atoms with Gasteiger partial charge in [0.15, 0.2) is 5.75 Å². The fraction of sp³-hybridized carbons (Fsp3) is 0.409. The van der Waals surface area contributed by atoms with Crippen LogP contribution in [-0.2, 0) is 4.74 Å². The summed E-state index contributed by atoms with van der Waals surface area (Å²) in [6.45, 7) is 4.90. The Labute approximate surface area is 190 Å². The molecule has 0 radical (unpaired) electrons. The van der Waals surface area contributed by atoms with Crippen molar-refractivity contribution in [3.05, 3.63) is 45.8 Å². The highest BCUT2D eigenvalue weighted by atomic mass is 19.1. The molecule has 1 aliphatic heterocycles. The van der Waals surface area contributed by atoms with Crippen LogP contribution in [0, 0.1) is 15.9 Å². The molecule has 0 aliphatic carbocycles. The van der Waals surface area contributed by atoms with E-state index >= 15 is 0 Å². The number of carbonyl (C=O) groups excluding carboxylic acids is 1. The van der Waals surface area contributed by atoms with Crippen LogP contribution in [0.3, 0.4) is 0 Å². The molecule has 0 saturated carbocycles. The second-order valence-electron chi connectivity index (χ2n) is 7.58. The minimum atomic E-state index is -0.832. The molecule has 1 amide bonds. The van der Waals surface area contributed by atoms with Crippen molar-refractivity contribution in [2.75, 3.05) is 44.6 Å². The maximum Gasteiger partial charge on any atom is 0.327 e. The van der Waals surface area contributed by atoms with E-state index in [0.29, 0.717) is 18.8 Å². The van der Waals surface area contributed by atoms with E-state index in [-0.39, 0.29) is 40.7 Å². The Morgan fingerprint density at radius 1 is 1.12 bits per heavy atom. The van der Waals surface area contributed by atoms with Gasteiger partial charge in [0.1, 0.15) is 11.4 Å². The maximum atomic E-state index is 14.9. The van der Waals surface area contributed by atoms with Crippen LogP contribution in [0.2, 0.25) is 0 Å². The Morgan fingerprint density at radius 3 is 2.27 bits per heavy atom. The van der Waals surface area contributed by atoms with Gasteiger partial charge in [-0.25, -0.2) is 4.39 Å². The number of hydrogen-bond donors (Lipinski definition) is 1. The van der Waals surface area contributed by atoms with Crippen LogP contribution < -0.4 is 24.4 Å². The minimum absolute atomic E-state index is 0.0207. The number of amides is 1. The molecule has 0 aromatic heterocycles. The van der Waals surface area contributed by atoms with Gasteiger partial charge in [-0.2, -0.15) is 0 Å². The zero-order chi connectivity index (χ0) is 24.3. The molecule has 2 aromatic rings. The number of anilines is 2. The monoisotopic (exact) mass is 463 g/mol. The largest absolute Gasteiger partial charge is 0.493 e. The molecule has 2 unspecified atom stereocenters. The van der Waals surface area contributed by atoms with Crippen molar-refractivity contribution in [1.29, 1.82) is 0 Å². The summed E-state index contributed by atoms with van der Waals surface area (Å²) in [5.74, 6) is -1.57. The van der Waals surface area contributed by atoms with Crippen LogP contribution in [0.25, 0.3) is 0 Å². The maximum absolute atomic E-state index is 14.9. The normalized spacial score (nSPS) is 17.9. The summed E-state index contributed by atoms with van der Waals surface area (Å²) in [7, 11) is 3.84. The zero-order valence-corrected chi connectivity index (χ0v) is 19.0. The van der Waals surface area contributed by atoms with Gasteiger partial charge in [-0.3, -0.25) is 14.9 Å². The Morgan fingerprint density at radius 2 is 1.76 bits per heavy atom. The van der Waals surface area contributed by atoms with Crippen LogP contribution in [0.1, 0.15) is 24.2 Å². The Kier molecular flexibility index (Phi) is 7.22. The number of rotatable bonds is 7. The van der Waals surface area contributed by atoms with E-state index in [1.165, 1.54) is 39.5 Å². The molecule has 178 valence electrons. The lowest BCUT2D eigenvalue weighted by Gasteiger charge is -2.37. The molecular weight excluding hydrogens is 437 g/mol. The molecule has 2 atom stereocenters. The highest BCUT2D eigenvalue weighted by molar-refractivity contribution is 6.08. The third-order valence-corrected chi connectivity index (χ3v) is 5.20. The fourth-order valence-corrected chi connectivity index (χ4v) is 3.91. The van der Waals surface area contributed by atoms with Crippen molar-refractivity contribution in [1.82, 2.24) is 0 Å². The van der Waals surface area contributed by atoms with E-state index in [9.17, 15) is 19.3 Å². The number of morpholine rings is 1. The van der Waals surface area contributed by atoms with Crippen molar-refractivity contribution in [2.45, 2.75) is 26.1 Å². The number of nitro groups is 1. The number of nitrogens with zero attached hydrogens (tertiary/aromatic N) is 2. The molecule has 2 aromatic carbocycles. The first-order chi connectivity index (χ1) is 15.7. The van der Waals surface area contributed by atoms with Gasteiger partial charge in [-0.05, 0) is 32.0 Å². The van der Waals surface area contributed by atoms with Crippen molar-refractivity contribution in [3.63, 3.8) is 0 Å². The quantitative estimate of drug-likeness (QED) is 0.489. The number of carbonyl (C=O) groups is 1. The molecule has 1 saturated heterocycles. The predicted molar refractivity (Wildman–Crippen MR) is 119 cm³/mol. The molecule has 1 fully saturated rings. The van der Waals surface area contributed by atoms with Gasteiger partial charge >= 0.3 is 5.69 Å². The van der Waals surface area contributed by atoms with Crippen LogP contribution in [-0.4, -0.2) is 57.5 Å². The van der Waals surface area contributed by atoms with E-state index in [4.69, 9.17) is 18.9 Å². The van der Waals surface area contributed by atoms with Gasteiger partial charge in [-0.1, -0.05) is 0 Å². The number of halogens is 1. The van der Waals surface area contributed by atoms with E-state index in [2.05, 4.69) is 5.32 Å². The van der Waals surface area contributed by atoms with Crippen molar-refractivity contribution in [2.24, 2.45) is 0 Å². The highest BCUT2D eigenvalue weighted by Gasteiger charge is 2.32. The molecule has 1 aliphatic rings. The number of methoxy groups -OCH3 is 3. The van der Waals surface area contributed by atoms with E-state index < -0.39 is 22.3 Å². The average molecular weight is 463 g/mol. The Balaban J connectivity index is 1.93. The van der Waals surface area contributed by atoms with Gasteiger partial charge in [0.2, 0.25) is 11.5 Å². The average Bonchev–Trinajstić information content (AvgIpc) is 2.76. The lowest BCUT2D eigenvalue weighted by molar-refractivity contribution is -0.386. The summed E-state index contributed by atoms with van der Waals surface area (Å²) in [6, 6.07) is 5.43. The molecule has 1 N–H and O–H groups in total. The van der Waals surface area contributed by atoms with E-state index in [0.717, 1.165) is 0 Å². The van der Waals surface area contributed by atoms with Gasteiger partial charge in [0, 0.05) is 24.8 Å².